The Balaban J connectivity index is 1.84. The molecule has 1 fully saturated rings. The van der Waals surface area contributed by atoms with Gasteiger partial charge < -0.3 is 5.32 Å². The summed E-state index contributed by atoms with van der Waals surface area (Å²) < 4.78 is 0. The lowest BCUT2D eigenvalue weighted by Crippen LogP contribution is -2.35. The number of nitrogens with zero attached hydrogens (tertiary/aromatic N) is 1. The van der Waals surface area contributed by atoms with Crippen molar-refractivity contribution in [2.45, 2.75) is 52.7 Å². The van der Waals surface area contributed by atoms with Gasteiger partial charge in [0.25, 0.3) is 0 Å². The average molecular weight is 260 g/mol. The molecule has 2 heteroatoms. The number of benzene rings is 1. The van der Waals surface area contributed by atoms with Crippen LogP contribution < -0.4 is 5.32 Å². The van der Waals surface area contributed by atoms with Gasteiger partial charge >= 0.3 is 0 Å². The third-order valence-electron chi connectivity index (χ3n) is 3.76. The number of hydrogen-bond donors (Lipinski definition) is 1. The van der Waals surface area contributed by atoms with E-state index < -0.39 is 0 Å². The van der Waals surface area contributed by atoms with Gasteiger partial charge in [-0.15, -0.1) is 0 Å². The van der Waals surface area contributed by atoms with Gasteiger partial charge in [-0.2, -0.15) is 0 Å². The third-order valence-corrected chi connectivity index (χ3v) is 3.76. The normalized spacial score (nSPS) is 20.9. The van der Waals surface area contributed by atoms with Gasteiger partial charge in [-0.05, 0) is 50.8 Å². The maximum Gasteiger partial charge on any atom is 0.0233 e. The second kappa shape index (κ2) is 6.06. The summed E-state index contributed by atoms with van der Waals surface area (Å²) >= 11 is 0. The van der Waals surface area contributed by atoms with E-state index in [0.29, 0.717) is 0 Å². The fourth-order valence-electron chi connectivity index (χ4n) is 2.56. The molecule has 1 aromatic carbocycles. The predicted octanol–water partition coefficient (Wildman–Crippen LogP) is 3.42. The molecule has 1 atom stereocenters. The Hall–Kier alpha value is -0.860. The summed E-state index contributed by atoms with van der Waals surface area (Å²) in [4.78, 5) is 2.56. The molecule has 0 radical (unpaired) electrons. The van der Waals surface area contributed by atoms with Crippen LogP contribution in [-0.4, -0.2) is 23.5 Å². The first kappa shape index (κ1) is 14.5. The minimum Gasteiger partial charge on any atom is -0.308 e. The van der Waals surface area contributed by atoms with Gasteiger partial charge in [-0.25, -0.2) is 0 Å². The van der Waals surface area contributed by atoms with Gasteiger partial charge in [0.15, 0.2) is 0 Å². The van der Waals surface area contributed by atoms with Crippen LogP contribution in [0.5, 0.6) is 0 Å². The SMILES string of the molecule is CC1CCN(Cc2ccc(CNC(C)(C)C)cc2)C1. The van der Waals surface area contributed by atoms with E-state index in [4.69, 9.17) is 0 Å². The Labute approximate surface area is 118 Å². The molecule has 2 rings (SSSR count). The summed E-state index contributed by atoms with van der Waals surface area (Å²) in [5, 5.41) is 3.53. The first-order valence-corrected chi connectivity index (χ1v) is 7.47. The van der Waals surface area contributed by atoms with Crippen LogP contribution in [-0.2, 0) is 13.1 Å². The monoisotopic (exact) mass is 260 g/mol. The highest BCUT2D eigenvalue weighted by Crippen LogP contribution is 2.18. The van der Waals surface area contributed by atoms with Crippen LogP contribution >= 0.6 is 0 Å². The highest BCUT2D eigenvalue weighted by Gasteiger charge is 2.18. The van der Waals surface area contributed by atoms with Crippen LogP contribution in [0, 0.1) is 5.92 Å². The molecule has 0 spiro atoms. The standard InChI is InChI=1S/C17H28N2/c1-14-9-10-19(12-14)13-16-7-5-15(6-8-16)11-18-17(2,3)4/h5-8,14,18H,9-13H2,1-4H3. The van der Waals surface area contributed by atoms with Gasteiger partial charge in [0, 0.05) is 25.2 Å². The van der Waals surface area contributed by atoms with Crippen molar-refractivity contribution in [1.82, 2.24) is 10.2 Å². The first-order chi connectivity index (χ1) is 8.92. The molecule has 0 saturated carbocycles. The van der Waals surface area contributed by atoms with Crippen molar-refractivity contribution in [3.8, 4) is 0 Å². The molecule has 1 heterocycles. The van der Waals surface area contributed by atoms with Crippen molar-refractivity contribution in [3.05, 3.63) is 35.4 Å². The summed E-state index contributed by atoms with van der Waals surface area (Å²) in [5.74, 6) is 0.871. The van der Waals surface area contributed by atoms with Crippen molar-refractivity contribution >= 4 is 0 Å². The second-order valence-corrected chi connectivity index (χ2v) is 7.05. The van der Waals surface area contributed by atoms with Crippen LogP contribution in [0.4, 0.5) is 0 Å². The minimum absolute atomic E-state index is 0.185. The second-order valence-electron chi connectivity index (χ2n) is 7.05. The molecule has 1 saturated heterocycles. The molecule has 1 aliphatic heterocycles. The average Bonchev–Trinajstić information content (AvgIpc) is 2.73. The van der Waals surface area contributed by atoms with E-state index in [1.807, 2.05) is 0 Å². The molecule has 0 aliphatic carbocycles. The first-order valence-electron chi connectivity index (χ1n) is 7.47. The molecular formula is C17H28N2. The summed E-state index contributed by atoms with van der Waals surface area (Å²) in [7, 11) is 0. The quantitative estimate of drug-likeness (QED) is 0.892. The van der Waals surface area contributed by atoms with E-state index in [2.05, 4.69) is 62.2 Å². The lowest BCUT2D eigenvalue weighted by molar-refractivity contribution is 0.320. The molecule has 1 aromatic rings. The molecule has 0 bridgehead atoms. The van der Waals surface area contributed by atoms with E-state index in [1.54, 1.807) is 0 Å². The van der Waals surface area contributed by atoms with Crippen LogP contribution in [0.2, 0.25) is 0 Å². The van der Waals surface area contributed by atoms with E-state index >= 15 is 0 Å². The van der Waals surface area contributed by atoms with Crippen molar-refractivity contribution in [2.24, 2.45) is 5.92 Å². The molecule has 106 valence electrons. The topological polar surface area (TPSA) is 15.3 Å². The zero-order valence-electron chi connectivity index (χ0n) is 12.9. The van der Waals surface area contributed by atoms with Crippen molar-refractivity contribution in [1.29, 1.82) is 0 Å². The molecule has 0 amide bonds. The summed E-state index contributed by atoms with van der Waals surface area (Å²) in [6, 6.07) is 9.08. The van der Waals surface area contributed by atoms with Gasteiger partial charge in [0.2, 0.25) is 0 Å². The van der Waals surface area contributed by atoms with E-state index in [9.17, 15) is 0 Å². The van der Waals surface area contributed by atoms with Gasteiger partial charge in [-0.3, -0.25) is 4.90 Å². The predicted molar refractivity (Wildman–Crippen MR) is 82.1 cm³/mol. The maximum atomic E-state index is 3.53. The maximum absolute atomic E-state index is 3.53. The van der Waals surface area contributed by atoms with Crippen LogP contribution in [0.25, 0.3) is 0 Å². The van der Waals surface area contributed by atoms with Gasteiger partial charge in [0.1, 0.15) is 0 Å². The van der Waals surface area contributed by atoms with Crippen molar-refractivity contribution in [2.75, 3.05) is 13.1 Å². The lowest BCUT2D eigenvalue weighted by Gasteiger charge is -2.21. The van der Waals surface area contributed by atoms with Gasteiger partial charge in [-0.1, -0.05) is 31.2 Å². The Kier molecular flexibility index (Phi) is 4.64. The number of hydrogen-bond acceptors (Lipinski definition) is 2. The highest BCUT2D eigenvalue weighted by atomic mass is 15.1. The fourth-order valence-corrected chi connectivity index (χ4v) is 2.56. The van der Waals surface area contributed by atoms with E-state index in [1.165, 1.54) is 30.6 Å². The Morgan fingerprint density at radius 3 is 2.32 bits per heavy atom. The molecule has 1 N–H and O–H groups in total. The molecule has 0 aromatic heterocycles. The van der Waals surface area contributed by atoms with Crippen molar-refractivity contribution in [3.63, 3.8) is 0 Å². The summed E-state index contributed by atoms with van der Waals surface area (Å²) in [5.41, 5.74) is 2.99. The highest BCUT2D eigenvalue weighted by molar-refractivity contribution is 5.22. The largest absolute Gasteiger partial charge is 0.308 e. The Morgan fingerprint density at radius 2 is 1.79 bits per heavy atom. The Morgan fingerprint density at radius 1 is 1.16 bits per heavy atom. The third kappa shape index (κ3) is 4.96. The Bertz CT molecular complexity index is 389. The van der Waals surface area contributed by atoms with Crippen LogP contribution in [0.3, 0.4) is 0 Å². The number of rotatable bonds is 4. The van der Waals surface area contributed by atoms with Crippen LogP contribution in [0.15, 0.2) is 24.3 Å². The molecule has 19 heavy (non-hydrogen) atoms. The van der Waals surface area contributed by atoms with E-state index in [0.717, 1.165) is 19.0 Å². The van der Waals surface area contributed by atoms with Gasteiger partial charge in [0.05, 0.1) is 0 Å². The molecule has 1 aliphatic rings. The number of likely N-dealkylation sites (tertiary alicyclic amines) is 1. The fraction of sp³-hybridized carbons (Fsp3) is 0.647. The van der Waals surface area contributed by atoms with E-state index in [-0.39, 0.29) is 5.54 Å². The molecular weight excluding hydrogens is 232 g/mol. The molecule has 1 unspecified atom stereocenters. The lowest BCUT2D eigenvalue weighted by atomic mass is 10.1. The number of nitrogens with one attached hydrogen (secondary N) is 1. The smallest absolute Gasteiger partial charge is 0.0233 e. The zero-order valence-corrected chi connectivity index (χ0v) is 12.9. The zero-order chi connectivity index (χ0) is 13.9. The minimum atomic E-state index is 0.185. The molecule has 2 nitrogen and oxygen atoms in total. The summed E-state index contributed by atoms with van der Waals surface area (Å²) in [6.45, 7) is 13.5. The van der Waals surface area contributed by atoms with Crippen molar-refractivity contribution < 1.29 is 0 Å². The van der Waals surface area contributed by atoms with Crippen LogP contribution in [0.1, 0.15) is 45.2 Å². The summed E-state index contributed by atoms with van der Waals surface area (Å²) in [6.07, 6.45) is 1.35.